The number of rotatable bonds is 4. The average Bonchev–Trinajstić information content (AvgIpc) is 3.35. The minimum absolute atomic E-state index is 0.0617. The van der Waals surface area contributed by atoms with Crippen LogP contribution in [-0.2, 0) is 42.9 Å². The number of aryl methyl sites for hydroxylation is 1. The lowest BCUT2D eigenvalue weighted by atomic mass is 9.83. The third kappa shape index (κ3) is 5.02. The SMILES string of the molecule is COC(=O)C1=C(C(=O)OC)SC2(S1)C(C(=O)OC)=C(C(=O)OC)SC1=C2c2cc(C)ccc2N(C(=O)C(F)(F)F)C1(C)C. The largest absolute Gasteiger partial charge is 0.471 e. The van der Waals surface area contributed by atoms with Crippen molar-refractivity contribution in [3.05, 3.63) is 54.5 Å². The van der Waals surface area contributed by atoms with Crippen LogP contribution < -0.4 is 4.90 Å². The highest BCUT2D eigenvalue weighted by Crippen LogP contribution is 2.71. The standard InChI is InChI=1S/C27H24F3NO9S3/c1-11-8-9-13-12(10-11)14-19(25(2,3)31(13)24(36)27(28,29)30)41-16(21(33)38-5)15(20(32)37-4)26(14)42-17(22(34)39-6)18(43-26)23(35)40-7/h8-10H,1-7H3. The molecule has 1 aromatic rings. The molecule has 3 heterocycles. The van der Waals surface area contributed by atoms with Gasteiger partial charge in [0.2, 0.25) is 0 Å². The fourth-order valence-electron chi connectivity index (χ4n) is 4.92. The molecule has 0 atom stereocenters. The molecule has 0 aliphatic carbocycles. The molecular formula is C27H24F3NO9S3. The highest BCUT2D eigenvalue weighted by atomic mass is 32.2. The van der Waals surface area contributed by atoms with E-state index in [0.29, 0.717) is 45.7 Å². The minimum Gasteiger partial charge on any atom is -0.466 e. The fraction of sp³-hybridized carbons (Fsp3) is 0.370. The second-order valence-corrected chi connectivity index (χ2v) is 13.4. The number of alkyl halides is 3. The van der Waals surface area contributed by atoms with Crippen molar-refractivity contribution in [3.8, 4) is 0 Å². The Kier molecular flexibility index (Phi) is 8.54. The lowest BCUT2D eigenvalue weighted by Crippen LogP contribution is -2.57. The van der Waals surface area contributed by atoms with Gasteiger partial charge in [0.05, 0.1) is 45.2 Å². The van der Waals surface area contributed by atoms with Gasteiger partial charge in [-0.2, -0.15) is 13.2 Å². The van der Waals surface area contributed by atoms with Gasteiger partial charge in [-0.3, -0.25) is 9.69 Å². The van der Waals surface area contributed by atoms with Gasteiger partial charge < -0.3 is 18.9 Å². The number of hydrogen-bond donors (Lipinski definition) is 0. The van der Waals surface area contributed by atoms with Crippen molar-refractivity contribution in [3.63, 3.8) is 0 Å². The number of thioether (sulfide) groups is 3. The number of halogens is 3. The maximum absolute atomic E-state index is 14.0. The summed E-state index contributed by atoms with van der Waals surface area (Å²) in [4.78, 5) is 65.5. The number of methoxy groups -OCH3 is 4. The lowest BCUT2D eigenvalue weighted by molar-refractivity contribution is -0.171. The van der Waals surface area contributed by atoms with E-state index < -0.39 is 45.6 Å². The van der Waals surface area contributed by atoms with E-state index in [1.807, 2.05) is 0 Å². The number of ether oxygens (including phenoxy) is 4. The number of benzene rings is 1. The number of amides is 1. The smallest absolute Gasteiger partial charge is 0.466 e. The van der Waals surface area contributed by atoms with E-state index in [0.717, 1.165) is 28.4 Å². The Labute approximate surface area is 256 Å². The van der Waals surface area contributed by atoms with Crippen LogP contribution in [-0.4, -0.2) is 74.0 Å². The van der Waals surface area contributed by atoms with Crippen molar-refractivity contribution < 1.29 is 56.1 Å². The Hall–Kier alpha value is -3.37. The van der Waals surface area contributed by atoms with Crippen LogP contribution in [0.3, 0.4) is 0 Å². The van der Waals surface area contributed by atoms with Gasteiger partial charge in [0.25, 0.3) is 0 Å². The Morgan fingerprint density at radius 2 is 1.28 bits per heavy atom. The molecule has 43 heavy (non-hydrogen) atoms. The first-order chi connectivity index (χ1) is 20.0. The van der Waals surface area contributed by atoms with Crippen LogP contribution in [0.2, 0.25) is 0 Å². The summed E-state index contributed by atoms with van der Waals surface area (Å²) < 4.78 is 60.0. The van der Waals surface area contributed by atoms with E-state index in [1.54, 1.807) is 6.92 Å². The van der Waals surface area contributed by atoms with Gasteiger partial charge in [0.1, 0.15) is 18.8 Å². The molecule has 0 saturated heterocycles. The quantitative estimate of drug-likeness (QED) is 0.334. The molecular weight excluding hydrogens is 635 g/mol. The maximum Gasteiger partial charge on any atom is 0.471 e. The first-order valence-electron chi connectivity index (χ1n) is 12.2. The third-order valence-electron chi connectivity index (χ3n) is 6.74. The van der Waals surface area contributed by atoms with Crippen molar-refractivity contribution >= 4 is 76.3 Å². The number of esters is 4. The summed E-state index contributed by atoms with van der Waals surface area (Å²) in [5, 5.41) is 0. The molecule has 0 N–H and O–H groups in total. The predicted molar refractivity (Wildman–Crippen MR) is 153 cm³/mol. The number of anilines is 1. The van der Waals surface area contributed by atoms with Gasteiger partial charge in [-0.05, 0) is 32.9 Å². The van der Waals surface area contributed by atoms with Gasteiger partial charge in [-0.25, -0.2) is 19.2 Å². The number of carbonyl (C=O) groups is 5. The van der Waals surface area contributed by atoms with Crippen LogP contribution >= 0.6 is 35.3 Å². The van der Waals surface area contributed by atoms with Gasteiger partial charge in [-0.15, -0.1) is 0 Å². The van der Waals surface area contributed by atoms with Crippen molar-refractivity contribution in [2.24, 2.45) is 0 Å². The lowest BCUT2D eigenvalue weighted by Gasteiger charge is -2.50. The number of fused-ring (bicyclic) bond motifs is 3. The minimum atomic E-state index is -5.28. The molecule has 1 amide bonds. The van der Waals surface area contributed by atoms with Gasteiger partial charge in [0.15, 0.2) is 0 Å². The molecule has 4 rings (SSSR count). The predicted octanol–water partition coefficient (Wildman–Crippen LogP) is 4.47. The van der Waals surface area contributed by atoms with Crippen LogP contribution in [0.4, 0.5) is 18.9 Å². The first kappa shape index (κ1) is 32.5. The molecule has 3 aliphatic heterocycles. The summed E-state index contributed by atoms with van der Waals surface area (Å²) in [6.07, 6.45) is -5.28. The molecule has 3 aliphatic rings. The van der Waals surface area contributed by atoms with Gasteiger partial charge in [-0.1, -0.05) is 46.9 Å². The normalized spacial score (nSPS) is 18.7. The second-order valence-electron chi connectivity index (χ2n) is 9.67. The molecule has 230 valence electrons. The highest BCUT2D eigenvalue weighted by molar-refractivity contribution is 8.26. The second kappa shape index (κ2) is 11.3. The van der Waals surface area contributed by atoms with Crippen molar-refractivity contribution in [1.29, 1.82) is 0 Å². The molecule has 16 heteroatoms. The molecule has 10 nitrogen and oxygen atoms in total. The average molecular weight is 660 g/mol. The van der Waals surface area contributed by atoms with E-state index in [4.69, 9.17) is 18.9 Å². The van der Waals surface area contributed by atoms with Gasteiger partial charge in [0, 0.05) is 16.0 Å². The Balaban J connectivity index is 2.20. The summed E-state index contributed by atoms with van der Waals surface area (Å²) >= 11 is 2.00. The van der Waals surface area contributed by atoms with E-state index >= 15 is 0 Å². The number of hydrogen-bond acceptors (Lipinski definition) is 12. The Bertz CT molecular complexity index is 1550. The molecule has 0 unspecified atom stereocenters. The van der Waals surface area contributed by atoms with Crippen LogP contribution in [0.1, 0.15) is 25.0 Å². The zero-order valence-corrected chi connectivity index (χ0v) is 26.2. The van der Waals surface area contributed by atoms with E-state index in [2.05, 4.69) is 0 Å². The van der Waals surface area contributed by atoms with Crippen LogP contribution in [0.5, 0.6) is 0 Å². The maximum atomic E-state index is 14.0. The van der Waals surface area contributed by atoms with Crippen LogP contribution in [0.15, 0.2) is 43.4 Å². The molecule has 0 aromatic heterocycles. The highest BCUT2D eigenvalue weighted by Gasteiger charge is 2.63. The summed E-state index contributed by atoms with van der Waals surface area (Å²) in [6.45, 7) is 4.38. The van der Waals surface area contributed by atoms with E-state index in [9.17, 15) is 37.1 Å². The molecule has 0 saturated carbocycles. The van der Waals surface area contributed by atoms with Crippen molar-refractivity contribution in [2.75, 3.05) is 33.3 Å². The zero-order chi connectivity index (χ0) is 32.2. The van der Waals surface area contributed by atoms with Crippen molar-refractivity contribution in [1.82, 2.24) is 0 Å². The summed E-state index contributed by atoms with van der Waals surface area (Å²) in [7, 11) is 4.24. The fourth-order valence-corrected chi connectivity index (χ4v) is 9.97. The topological polar surface area (TPSA) is 126 Å². The first-order valence-corrected chi connectivity index (χ1v) is 14.6. The number of carbonyl (C=O) groups excluding carboxylic acids is 5. The van der Waals surface area contributed by atoms with Crippen molar-refractivity contribution in [2.45, 2.75) is 36.6 Å². The van der Waals surface area contributed by atoms with Crippen LogP contribution in [0, 0.1) is 6.92 Å². The van der Waals surface area contributed by atoms with E-state index in [-0.39, 0.29) is 42.0 Å². The Morgan fingerprint density at radius 1 is 0.791 bits per heavy atom. The molecule has 0 bridgehead atoms. The molecule has 1 aromatic carbocycles. The van der Waals surface area contributed by atoms with E-state index in [1.165, 1.54) is 32.0 Å². The Morgan fingerprint density at radius 3 is 1.74 bits per heavy atom. The summed E-state index contributed by atoms with van der Waals surface area (Å²) in [5.74, 6) is -6.17. The monoisotopic (exact) mass is 659 g/mol. The summed E-state index contributed by atoms with van der Waals surface area (Å²) in [5.41, 5.74) is -1.41. The number of nitrogens with zero attached hydrogens (tertiary/aromatic N) is 1. The molecule has 0 radical (unpaired) electrons. The zero-order valence-electron chi connectivity index (χ0n) is 23.7. The summed E-state index contributed by atoms with van der Waals surface area (Å²) in [6, 6.07) is 4.38. The van der Waals surface area contributed by atoms with Crippen LogP contribution in [0.25, 0.3) is 5.57 Å². The third-order valence-corrected chi connectivity index (χ3v) is 11.4. The van der Waals surface area contributed by atoms with Gasteiger partial charge >= 0.3 is 36.0 Å². The molecule has 0 fully saturated rings. The molecule has 1 spiro atoms.